The number of hydrogen-bond acceptors (Lipinski definition) is 1. The first-order chi connectivity index (χ1) is 7.95. The van der Waals surface area contributed by atoms with Crippen LogP contribution in [0.2, 0.25) is 0 Å². The zero-order valence-corrected chi connectivity index (χ0v) is 12.2. The maximum absolute atomic E-state index is 3.60. The van der Waals surface area contributed by atoms with Crippen molar-refractivity contribution in [3.63, 3.8) is 0 Å². The lowest BCUT2D eigenvalue weighted by Crippen LogP contribution is -2.36. The summed E-state index contributed by atoms with van der Waals surface area (Å²) in [5.74, 6) is 0.676. The minimum Gasteiger partial charge on any atom is -0.314 e. The third-order valence-corrected chi connectivity index (χ3v) is 3.54. The average molecular weight is 233 g/mol. The predicted molar refractivity (Wildman–Crippen MR) is 76.7 cm³/mol. The van der Waals surface area contributed by atoms with Gasteiger partial charge in [0.1, 0.15) is 0 Å². The Hall–Kier alpha value is -0.820. The number of likely N-dealkylation sites (N-methyl/N-ethyl adjacent to an activating group) is 1. The van der Waals surface area contributed by atoms with Crippen molar-refractivity contribution in [2.24, 2.45) is 5.92 Å². The van der Waals surface area contributed by atoms with Gasteiger partial charge in [-0.05, 0) is 56.3 Å². The summed E-state index contributed by atoms with van der Waals surface area (Å²) in [5, 5.41) is 3.60. The number of rotatable bonds is 5. The van der Waals surface area contributed by atoms with Gasteiger partial charge in [-0.1, -0.05) is 38.5 Å². The third kappa shape index (κ3) is 3.85. The molecule has 0 saturated carbocycles. The van der Waals surface area contributed by atoms with Gasteiger partial charge in [-0.2, -0.15) is 0 Å². The molecule has 0 aliphatic rings. The molecule has 0 radical (unpaired) electrons. The van der Waals surface area contributed by atoms with Crippen LogP contribution in [0, 0.1) is 26.7 Å². The van der Waals surface area contributed by atoms with E-state index in [9.17, 15) is 0 Å². The molecule has 0 aliphatic carbocycles. The molecule has 0 aliphatic heterocycles. The standard InChI is InChI=1S/C16H27N/c1-7-17-16(11(2)3)10-15-13(5)8-12(4)9-14(15)6/h8-9,11,16-17H,7,10H2,1-6H3. The van der Waals surface area contributed by atoms with Gasteiger partial charge in [0.15, 0.2) is 0 Å². The molecule has 1 aromatic rings. The van der Waals surface area contributed by atoms with E-state index < -0.39 is 0 Å². The smallest absolute Gasteiger partial charge is 0.0130 e. The third-order valence-electron chi connectivity index (χ3n) is 3.54. The molecule has 1 aromatic carbocycles. The van der Waals surface area contributed by atoms with E-state index in [1.807, 2.05) is 0 Å². The highest BCUT2D eigenvalue weighted by Crippen LogP contribution is 2.20. The monoisotopic (exact) mass is 233 g/mol. The van der Waals surface area contributed by atoms with Crippen molar-refractivity contribution >= 4 is 0 Å². The molecule has 1 nitrogen and oxygen atoms in total. The van der Waals surface area contributed by atoms with E-state index in [0.717, 1.165) is 13.0 Å². The number of benzene rings is 1. The fourth-order valence-electron chi connectivity index (χ4n) is 2.56. The summed E-state index contributed by atoms with van der Waals surface area (Å²) in [5.41, 5.74) is 5.76. The van der Waals surface area contributed by atoms with E-state index in [2.05, 4.69) is 59.0 Å². The van der Waals surface area contributed by atoms with Crippen LogP contribution in [-0.4, -0.2) is 12.6 Å². The molecule has 0 spiro atoms. The molecule has 0 amide bonds. The Morgan fingerprint density at radius 3 is 2.00 bits per heavy atom. The van der Waals surface area contributed by atoms with Crippen molar-refractivity contribution in [3.8, 4) is 0 Å². The van der Waals surface area contributed by atoms with E-state index in [0.29, 0.717) is 12.0 Å². The molecule has 1 atom stereocenters. The molecule has 96 valence electrons. The van der Waals surface area contributed by atoms with Crippen LogP contribution < -0.4 is 5.32 Å². The second-order valence-electron chi connectivity index (χ2n) is 5.49. The Balaban J connectivity index is 2.93. The van der Waals surface area contributed by atoms with Crippen LogP contribution >= 0.6 is 0 Å². The highest BCUT2D eigenvalue weighted by atomic mass is 14.9. The van der Waals surface area contributed by atoms with Crippen molar-refractivity contribution in [1.82, 2.24) is 5.32 Å². The van der Waals surface area contributed by atoms with Crippen molar-refractivity contribution in [2.75, 3.05) is 6.54 Å². The van der Waals surface area contributed by atoms with Gasteiger partial charge in [0, 0.05) is 6.04 Å². The molecular formula is C16H27N. The maximum atomic E-state index is 3.60. The first-order valence-electron chi connectivity index (χ1n) is 6.75. The van der Waals surface area contributed by atoms with Crippen molar-refractivity contribution < 1.29 is 0 Å². The van der Waals surface area contributed by atoms with Crippen LogP contribution in [0.15, 0.2) is 12.1 Å². The Morgan fingerprint density at radius 2 is 1.59 bits per heavy atom. The van der Waals surface area contributed by atoms with E-state index in [-0.39, 0.29) is 0 Å². The van der Waals surface area contributed by atoms with Gasteiger partial charge in [0.05, 0.1) is 0 Å². The molecule has 17 heavy (non-hydrogen) atoms. The molecule has 1 rings (SSSR count). The highest BCUT2D eigenvalue weighted by molar-refractivity contribution is 5.38. The maximum Gasteiger partial charge on any atom is 0.0130 e. The zero-order chi connectivity index (χ0) is 13.0. The summed E-state index contributed by atoms with van der Waals surface area (Å²) in [6.45, 7) is 14.5. The number of hydrogen-bond donors (Lipinski definition) is 1. The lowest BCUT2D eigenvalue weighted by atomic mass is 9.90. The molecule has 0 heterocycles. The summed E-state index contributed by atoms with van der Waals surface area (Å²) in [6.07, 6.45) is 1.14. The normalized spacial score (nSPS) is 13.1. The zero-order valence-electron chi connectivity index (χ0n) is 12.2. The van der Waals surface area contributed by atoms with Crippen LogP contribution in [0.25, 0.3) is 0 Å². The minimum atomic E-state index is 0.583. The van der Waals surface area contributed by atoms with Crippen molar-refractivity contribution in [2.45, 2.75) is 54.0 Å². The van der Waals surface area contributed by atoms with Gasteiger partial charge < -0.3 is 5.32 Å². The molecule has 0 aromatic heterocycles. The quantitative estimate of drug-likeness (QED) is 0.816. The summed E-state index contributed by atoms with van der Waals surface area (Å²) in [6, 6.07) is 5.18. The summed E-state index contributed by atoms with van der Waals surface area (Å²) >= 11 is 0. The van der Waals surface area contributed by atoms with Crippen LogP contribution in [0.4, 0.5) is 0 Å². The molecule has 0 fully saturated rings. The molecule has 1 N–H and O–H groups in total. The van der Waals surface area contributed by atoms with Gasteiger partial charge >= 0.3 is 0 Å². The average Bonchev–Trinajstić information content (AvgIpc) is 2.21. The van der Waals surface area contributed by atoms with Crippen molar-refractivity contribution in [1.29, 1.82) is 0 Å². The van der Waals surface area contributed by atoms with Crippen LogP contribution in [0.5, 0.6) is 0 Å². The second kappa shape index (κ2) is 6.20. The first-order valence-corrected chi connectivity index (χ1v) is 6.75. The van der Waals surface area contributed by atoms with Gasteiger partial charge in [0.2, 0.25) is 0 Å². The number of nitrogens with one attached hydrogen (secondary N) is 1. The fraction of sp³-hybridized carbons (Fsp3) is 0.625. The minimum absolute atomic E-state index is 0.583. The van der Waals surface area contributed by atoms with E-state index in [1.54, 1.807) is 0 Å². The van der Waals surface area contributed by atoms with Crippen LogP contribution in [0.1, 0.15) is 43.0 Å². The first kappa shape index (κ1) is 14.2. The molecule has 1 unspecified atom stereocenters. The van der Waals surface area contributed by atoms with E-state index in [4.69, 9.17) is 0 Å². The fourth-order valence-corrected chi connectivity index (χ4v) is 2.56. The lowest BCUT2D eigenvalue weighted by Gasteiger charge is -2.24. The molecular weight excluding hydrogens is 206 g/mol. The highest BCUT2D eigenvalue weighted by Gasteiger charge is 2.15. The lowest BCUT2D eigenvalue weighted by molar-refractivity contribution is 0.404. The van der Waals surface area contributed by atoms with Crippen LogP contribution in [-0.2, 0) is 6.42 Å². The molecule has 0 bridgehead atoms. The number of aryl methyl sites for hydroxylation is 3. The van der Waals surface area contributed by atoms with Crippen molar-refractivity contribution in [3.05, 3.63) is 34.4 Å². The Labute approximate surface area is 107 Å². The van der Waals surface area contributed by atoms with E-state index in [1.165, 1.54) is 22.3 Å². The van der Waals surface area contributed by atoms with E-state index >= 15 is 0 Å². The summed E-state index contributed by atoms with van der Waals surface area (Å²) < 4.78 is 0. The van der Waals surface area contributed by atoms with Gasteiger partial charge in [0.25, 0.3) is 0 Å². The van der Waals surface area contributed by atoms with Gasteiger partial charge in [-0.15, -0.1) is 0 Å². The van der Waals surface area contributed by atoms with Crippen LogP contribution in [0.3, 0.4) is 0 Å². The summed E-state index contributed by atoms with van der Waals surface area (Å²) in [7, 11) is 0. The SMILES string of the molecule is CCNC(Cc1c(C)cc(C)cc1C)C(C)C. The topological polar surface area (TPSA) is 12.0 Å². The second-order valence-corrected chi connectivity index (χ2v) is 5.49. The largest absolute Gasteiger partial charge is 0.314 e. The van der Waals surface area contributed by atoms with Gasteiger partial charge in [-0.25, -0.2) is 0 Å². The Kier molecular flexibility index (Phi) is 5.20. The molecule has 1 heteroatoms. The molecule has 0 saturated heterocycles. The Bertz CT molecular complexity index is 343. The Morgan fingerprint density at radius 1 is 1.06 bits per heavy atom. The van der Waals surface area contributed by atoms with Gasteiger partial charge in [-0.3, -0.25) is 0 Å². The predicted octanol–water partition coefficient (Wildman–Crippen LogP) is 3.79. The summed E-state index contributed by atoms with van der Waals surface area (Å²) in [4.78, 5) is 0.